The Morgan fingerprint density at radius 3 is 2.59 bits per heavy atom. The number of aryl methyl sites for hydroxylation is 1. The average Bonchev–Trinajstić information content (AvgIpc) is 2.61. The van der Waals surface area contributed by atoms with Gasteiger partial charge in [-0.1, -0.05) is 6.07 Å². The Morgan fingerprint density at radius 1 is 1.22 bits per heavy atom. The van der Waals surface area contributed by atoms with Crippen LogP contribution in [0.1, 0.15) is 21.5 Å². The third kappa shape index (κ3) is 5.76. The predicted molar refractivity (Wildman–Crippen MR) is 93.0 cm³/mol. The number of carbonyl (C=O) groups excluding carboxylic acids is 2. The van der Waals surface area contributed by atoms with Crippen LogP contribution < -0.4 is 5.32 Å². The van der Waals surface area contributed by atoms with Gasteiger partial charge in [-0.3, -0.25) is 4.79 Å². The number of nitrogens with one attached hydrogen (secondary N) is 1. The van der Waals surface area contributed by atoms with Gasteiger partial charge in [0, 0.05) is 10.6 Å². The van der Waals surface area contributed by atoms with Gasteiger partial charge < -0.3 is 10.1 Å². The summed E-state index contributed by atoms with van der Waals surface area (Å²) in [5.41, 5.74) is -0.107. The Bertz CT molecular complexity index is 907. The maximum absolute atomic E-state index is 12.7. The molecular formula is C18H13F3N2O3S. The number of thioether (sulfide) groups is 1. The van der Waals surface area contributed by atoms with Gasteiger partial charge in [0.1, 0.15) is 5.40 Å². The Labute approximate surface area is 157 Å². The van der Waals surface area contributed by atoms with Gasteiger partial charge in [-0.05, 0) is 60.6 Å². The van der Waals surface area contributed by atoms with E-state index >= 15 is 0 Å². The standard InChI is InChI=1S/C18H13F3N2O3S/c1-11-7-14(27-10-22)5-6-15(11)23-16(24)9-26-17(25)12-3-2-4-13(8-12)18(19,20)21/h2-8H,9H2,1H3,(H,23,24). The third-order valence-corrected chi connectivity index (χ3v) is 3.98. The summed E-state index contributed by atoms with van der Waals surface area (Å²) in [6.45, 7) is 1.08. The highest BCUT2D eigenvalue weighted by Crippen LogP contribution is 2.29. The molecule has 2 rings (SSSR count). The van der Waals surface area contributed by atoms with Crippen LogP contribution >= 0.6 is 11.8 Å². The zero-order chi connectivity index (χ0) is 20.0. The van der Waals surface area contributed by atoms with E-state index in [2.05, 4.69) is 5.32 Å². The SMILES string of the molecule is Cc1cc(SC#N)ccc1NC(=O)COC(=O)c1cccc(C(F)(F)F)c1. The topological polar surface area (TPSA) is 79.2 Å². The summed E-state index contributed by atoms with van der Waals surface area (Å²) in [5.74, 6) is -1.67. The molecule has 0 spiro atoms. The zero-order valence-corrected chi connectivity index (χ0v) is 14.8. The molecule has 2 aromatic carbocycles. The van der Waals surface area contributed by atoms with Crippen molar-refractivity contribution in [3.05, 3.63) is 59.2 Å². The second kappa shape index (κ2) is 8.60. The largest absolute Gasteiger partial charge is 0.452 e. The van der Waals surface area contributed by atoms with Gasteiger partial charge in [0.25, 0.3) is 5.91 Å². The van der Waals surface area contributed by atoms with Crippen LogP contribution in [0.5, 0.6) is 0 Å². The zero-order valence-electron chi connectivity index (χ0n) is 14.0. The average molecular weight is 394 g/mol. The second-order valence-corrected chi connectivity index (χ2v) is 6.23. The molecule has 0 heterocycles. The molecule has 0 bridgehead atoms. The van der Waals surface area contributed by atoms with Gasteiger partial charge >= 0.3 is 12.1 Å². The van der Waals surface area contributed by atoms with Gasteiger partial charge in [-0.2, -0.15) is 18.4 Å². The first kappa shape index (κ1) is 20.3. The molecule has 0 saturated heterocycles. The molecule has 0 saturated carbocycles. The molecule has 0 aromatic heterocycles. The molecule has 27 heavy (non-hydrogen) atoms. The number of esters is 1. The summed E-state index contributed by atoms with van der Waals surface area (Å²) in [5, 5.41) is 13.1. The number of halogens is 3. The highest BCUT2D eigenvalue weighted by Gasteiger charge is 2.31. The maximum Gasteiger partial charge on any atom is 0.416 e. The van der Waals surface area contributed by atoms with Crippen molar-refractivity contribution in [2.45, 2.75) is 18.0 Å². The number of alkyl halides is 3. The quantitative estimate of drug-likeness (QED) is 0.462. The van der Waals surface area contributed by atoms with E-state index in [1.54, 1.807) is 25.1 Å². The van der Waals surface area contributed by atoms with Crippen molar-refractivity contribution < 1.29 is 27.5 Å². The lowest BCUT2D eigenvalue weighted by atomic mass is 10.1. The highest BCUT2D eigenvalue weighted by molar-refractivity contribution is 8.03. The number of nitriles is 1. The third-order valence-electron chi connectivity index (χ3n) is 3.40. The second-order valence-electron chi connectivity index (χ2n) is 5.37. The summed E-state index contributed by atoms with van der Waals surface area (Å²) < 4.78 is 42.8. The number of nitrogens with zero attached hydrogens (tertiary/aromatic N) is 1. The molecule has 0 radical (unpaired) electrons. The molecule has 0 aliphatic rings. The van der Waals surface area contributed by atoms with Crippen LogP contribution in [-0.2, 0) is 15.7 Å². The maximum atomic E-state index is 12.7. The van der Waals surface area contributed by atoms with E-state index in [0.29, 0.717) is 22.2 Å². The summed E-state index contributed by atoms with van der Waals surface area (Å²) in [6, 6.07) is 8.70. The van der Waals surface area contributed by atoms with Gasteiger partial charge in [0.2, 0.25) is 0 Å². The smallest absolute Gasteiger partial charge is 0.416 e. The van der Waals surface area contributed by atoms with Crippen LogP contribution in [0.25, 0.3) is 0 Å². The van der Waals surface area contributed by atoms with Crippen LogP contribution in [0.15, 0.2) is 47.4 Å². The van der Waals surface area contributed by atoms with E-state index in [-0.39, 0.29) is 5.56 Å². The summed E-state index contributed by atoms with van der Waals surface area (Å²) in [7, 11) is 0. The summed E-state index contributed by atoms with van der Waals surface area (Å²) in [6.07, 6.45) is -4.58. The molecule has 5 nitrogen and oxygen atoms in total. The Morgan fingerprint density at radius 2 is 1.96 bits per heavy atom. The van der Waals surface area contributed by atoms with Crippen molar-refractivity contribution >= 4 is 29.3 Å². The highest BCUT2D eigenvalue weighted by atomic mass is 32.2. The first-order valence-electron chi connectivity index (χ1n) is 7.51. The molecule has 0 aliphatic carbocycles. The number of thiocyanates is 1. The van der Waals surface area contributed by atoms with Crippen LogP contribution in [0.3, 0.4) is 0 Å². The molecule has 0 aliphatic heterocycles. The minimum Gasteiger partial charge on any atom is -0.452 e. The normalized spacial score (nSPS) is 10.8. The van der Waals surface area contributed by atoms with E-state index in [9.17, 15) is 22.8 Å². The number of hydrogen-bond acceptors (Lipinski definition) is 5. The summed E-state index contributed by atoms with van der Waals surface area (Å²) in [4.78, 5) is 24.5. The van der Waals surface area contributed by atoms with Gasteiger partial charge in [0.05, 0.1) is 11.1 Å². The summed E-state index contributed by atoms with van der Waals surface area (Å²) >= 11 is 0.975. The van der Waals surface area contributed by atoms with Crippen LogP contribution in [-0.4, -0.2) is 18.5 Å². The lowest BCUT2D eigenvalue weighted by molar-refractivity contribution is -0.137. The molecule has 1 amide bonds. The molecule has 0 atom stereocenters. The van der Waals surface area contributed by atoms with E-state index in [1.165, 1.54) is 6.07 Å². The van der Waals surface area contributed by atoms with E-state index in [0.717, 1.165) is 23.9 Å². The fourth-order valence-electron chi connectivity index (χ4n) is 2.12. The fourth-order valence-corrected chi connectivity index (χ4v) is 2.59. The number of carbonyl (C=O) groups is 2. The number of anilines is 1. The van der Waals surface area contributed by atoms with Crippen molar-refractivity contribution in [2.75, 3.05) is 11.9 Å². The molecule has 2 aromatic rings. The van der Waals surface area contributed by atoms with Crippen molar-refractivity contribution in [3.8, 4) is 5.40 Å². The predicted octanol–water partition coefficient (Wildman–Crippen LogP) is 4.38. The monoisotopic (exact) mass is 394 g/mol. The van der Waals surface area contributed by atoms with Gasteiger partial charge in [-0.25, -0.2) is 4.79 Å². The van der Waals surface area contributed by atoms with Crippen LogP contribution in [0, 0.1) is 17.6 Å². The molecule has 1 N–H and O–H groups in total. The number of rotatable bonds is 5. The first-order valence-corrected chi connectivity index (χ1v) is 8.33. The van der Waals surface area contributed by atoms with Crippen molar-refractivity contribution in [2.24, 2.45) is 0 Å². The molecular weight excluding hydrogens is 381 g/mol. The Balaban J connectivity index is 1.96. The van der Waals surface area contributed by atoms with Gasteiger partial charge in [0.15, 0.2) is 6.61 Å². The number of ether oxygens (including phenoxy) is 1. The molecule has 0 fully saturated rings. The van der Waals surface area contributed by atoms with Crippen LogP contribution in [0.4, 0.5) is 18.9 Å². The van der Waals surface area contributed by atoms with E-state index < -0.39 is 30.2 Å². The number of benzene rings is 2. The van der Waals surface area contributed by atoms with E-state index in [4.69, 9.17) is 10.00 Å². The lowest BCUT2D eigenvalue weighted by Gasteiger charge is -2.10. The minimum absolute atomic E-state index is 0.299. The van der Waals surface area contributed by atoms with Crippen molar-refractivity contribution in [1.82, 2.24) is 0 Å². The Hall–Kier alpha value is -2.99. The number of amides is 1. The first-order chi connectivity index (χ1) is 12.7. The Kier molecular flexibility index (Phi) is 6.47. The van der Waals surface area contributed by atoms with Gasteiger partial charge in [-0.15, -0.1) is 0 Å². The molecule has 9 heteroatoms. The fraction of sp³-hybridized carbons (Fsp3) is 0.167. The molecule has 140 valence electrons. The minimum atomic E-state index is -4.58. The number of hydrogen-bond donors (Lipinski definition) is 1. The van der Waals surface area contributed by atoms with Crippen molar-refractivity contribution in [1.29, 1.82) is 5.26 Å². The van der Waals surface area contributed by atoms with Crippen molar-refractivity contribution in [3.63, 3.8) is 0 Å². The molecule has 0 unspecified atom stereocenters. The van der Waals surface area contributed by atoms with E-state index in [1.807, 2.05) is 5.40 Å². The lowest BCUT2D eigenvalue weighted by Crippen LogP contribution is -2.21. The van der Waals surface area contributed by atoms with Crippen LogP contribution in [0.2, 0.25) is 0 Å².